The van der Waals surface area contributed by atoms with Gasteiger partial charge < -0.3 is 20.8 Å². The minimum atomic E-state index is -0.785. The van der Waals surface area contributed by atoms with E-state index in [0.29, 0.717) is 5.13 Å². The Labute approximate surface area is 114 Å². The van der Waals surface area contributed by atoms with Gasteiger partial charge in [0, 0.05) is 19.2 Å². The SMILES string of the molecule is CC(=O)Nc1nc2ccc(NCC(O)CO)cc2s1. The molecule has 0 fully saturated rings. The zero-order valence-electron chi connectivity index (χ0n) is 10.4. The third-order valence-corrected chi connectivity index (χ3v) is 3.36. The first-order valence-electron chi connectivity index (χ1n) is 5.79. The molecule has 4 N–H and O–H groups in total. The molecule has 1 unspecified atom stereocenters. The number of anilines is 2. The first-order valence-corrected chi connectivity index (χ1v) is 6.61. The molecule has 0 saturated heterocycles. The van der Waals surface area contributed by atoms with E-state index in [2.05, 4.69) is 15.6 Å². The van der Waals surface area contributed by atoms with Gasteiger partial charge in [0.1, 0.15) is 0 Å². The summed E-state index contributed by atoms with van der Waals surface area (Å²) < 4.78 is 0.937. The molecule has 0 aliphatic rings. The number of amides is 1. The fourth-order valence-corrected chi connectivity index (χ4v) is 2.49. The summed E-state index contributed by atoms with van der Waals surface area (Å²) in [5, 5.41) is 24.2. The third kappa shape index (κ3) is 3.63. The Hall–Kier alpha value is -1.70. The smallest absolute Gasteiger partial charge is 0.223 e. The highest BCUT2D eigenvalue weighted by Gasteiger charge is 2.06. The lowest BCUT2D eigenvalue weighted by Gasteiger charge is -2.09. The van der Waals surface area contributed by atoms with Crippen LogP contribution in [-0.4, -0.2) is 40.4 Å². The lowest BCUT2D eigenvalue weighted by molar-refractivity contribution is -0.114. The van der Waals surface area contributed by atoms with Crippen molar-refractivity contribution in [2.24, 2.45) is 0 Å². The number of nitrogens with one attached hydrogen (secondary N) is 2. The molecule has 0 aliphatic heterocycles. The Morgan fingerprint density at radius 1 is 1.53 bits per heavy atom. The largest absolute Gasteiger partial charge is 0.394 e. The molecule has 0 spiro atoms. The Morgan fingerprint density at radius 3 is 3.00 bits per heavy atom. The minimum absolute atomic E-state index is 0.150. The summed E-state index contributed by atoms with van der Waals surface area (Å²) in [5.41, 5.74) is 1.64. The van der Waals surface area contributed by atoms with E-state index in [1.54, 1.807) is 0 Å². The number of aliphatic hydroxyl groups is 2. The Kier molecular flexibility index (Phi) is 4.31. The fraction of sp³-hybridized carbons (Fsp3) is 0.333. The molecule has 2 aromatic rings. The fourth-order valence-electron chi connectivity index (χ4n) is 1.54. The molecule has 1 amide bonds. The number of aliphatic hydroxyl groups excluding tert-OH is 2. The van der Waals surface area contributed by atoms with Gasteiger partial charge in [-0.1, -0.05) is 11.3 Å². The average Bonchev–Trinajstić information content (AvgIpc) is 2.76. The van der Waals surface area contributed by atoms with Crippen LogP contribution in [-0.2, 0) is 4.79 Å². The van der Waals surface area contributed by atoms with Crippen molar-refractivity contribution >= 4 is 38.3 Å². The summed E-state index contributed by atoms with van der Waals surface area (Å²) >= 11 is 1.38. The number of thiazole rings is 1. The number of carbonyl (C=O) groups excluding carboxylic acids is 1. The lowest BCUT2D eigenvalue weighted by Crippen LogP contribution is -2.22. The van der Waals surface area contributed by atoms with E-state index in [9.17, 15) is 9.90 Å². The highest BCUT2D eigenvalue weighted by molar-refractivity contribution is 7.22. The monoisotopic (exact) mass is 281 g/mol. The predicted molar refractivity (Wildman–Crippen MR) is 75.5 cm³/mol. The molecule has 0 saturated carbocycles. The Morgan fingerprint density at radius 2 is 2.32 bits per heavy atom. The summed E-state index contributed by atoms with van der Waals surface area (Å²) in [6, 6.07) is 5.57. The molecule has 0 aliphatic carbocycles. The van der Waals surface area contributed by atoms with Crippen LogP contribution in [0.4, 0.5) is 10.8 Å². The number of hydrogen-bond acceptors (Lipinski definition) is 6. The molecule has 0 bridgehead atoms. The van der Waals surface area contributed by atoms with Crippen LogP contribution in [0.25, 0.3) is 10.2 Å². The van der Waals surface area contributed by atoms with E-state index in [-0.39, 0.29) is 19.1 Å². The molecule has 19 heavy (non-hydrogen) atoms. The third-order valence-electron chi connectivity index (χ3n) is 2.42. The maximum atomic E-state index is 11.0. The maximum Gasteiger partial charge on any atom is 0.223 e. The van der Waals surface area contributed by atoms with E-state index < -0.39 is 6.10 Å². The van der Waals surface area contributed by atoms with Crippen molar-refractivity contribution in [1.29, 1.82) is 0 Å². The van der Waals surface area contributed by atoms with Crippen LogP contribution in [0.3, 0.4) is 0 Å². The molecular weight excluding hydrogens is 266 g/mol. The number of hydrogen-bond donors (Lipinski definition) is 4. The van der Waals surface area contributed by atoms with E-state index in [0.717, 1.165) is 15.9 Å². The van der Waals surface area contributed by atoms with Crippen molar-refractivity contribution in [3.8, 4) is 0 Å². The summed E-state index contributed by atoms with van der Waals surface area (Å²) in [6.07, 6.45) is -0.785. The molecule has 0 radical (unpaired) electrons. The number of benzene rings is 1. The molecule has 1 heterocycles. The number of fused-ring (bicyclic) bond motifs is 1. The highest BCUT2D eigenvalue weighted by Crippen LogP contribution is 2.28. The second kappa shape index (κ2) is 5.96. The number of aromatic nitrogens is 1. The standard InChI is InChI=1S/C12H15N3O3S/c1-7(17)14-12-15-10-3-2-8(4-11(10)19-12)13-5-9(18)6-16/h2-4,9,13,16,18H,5-6H2,1H3,(H,14,15,17). The van der Waals surface area contributed by atoms with Crippen molar-refractivity contribution in [2.45, 2.75) is 13.0 Å². The molecule has 1 aromatic heterocycles. The van der Waals surface area contributed by atoms with E-state index in [1.165, 1.54) is 18.3 Å². The van der Waals surface area contributed by atoms with Crippen molar-refractivity contribution < 1.29 is 15.0 Å². The van der Waals surface area contributed by atoms with Crippen LogP contribution in [0.1, 0.15) is 6.92 Å². The van der Waals surface area contributed by atoms with Crippen LogP contribution in [0.5, 0.6) is 0 Å². The number of rotatable bonds is 5. The van der Waals surface area contributed by atoms with Crippen molar-refractivity contribution in [3.63, 3.8) is 0 Å². The molecule has 6 nitrogen and oxygen atoms in total. The summed E-state index contributed by atoms with van der Waals surface area (Å²) in [6.45, 7) is 1.44. The first-order chi connectivity index (χ1) is 9.08. The van der Waals surface area contributed by atoms with E-state index in [4.69, 9.17) is 5.11 Å². The van der Waals surface area contributed by atoms with Crippen molar-refractivity contribution in [2.75, 3.05) is 23.8 Å². The molecular formula is C12H15N3O3S. The quantitative estimate of drug-likeness (QED) is 0.656. The van der Waals surface area contributed by atoms with Crippen molar-refractivity contribution in [3.05, 3.63) is 18.2 Å². The zero-order valence-corrected chi connectivity index (χ0v) is 11.2. The highest BCUT2D eigenvalue weighted by atomic mass is 32.1. The molecule has 1 atom stereocenters. The second-order valence-electron chi connectivity index (χ2n) is 4.10. The summed E-state index contributed by atoms with van der Waals surface area (Å²) in [5.74, 6) is -0.150. The maximum absolute atomic E-state index is 11.0. The molecule has 7 heteroatoms. The molecule has 1 aromatic carbocycles. The predicted octanol–water partition coefficient (Wildman–Crippen LogP) is 1.02. The van der Waals surface area contributed by atoms with Gasteiger partial charge in [-0.05, 0) is 18.2 Å². The van der Waals surface area contributed by atoms with Crippen LogP contribution < -0.4 is 10.6 Å². The normalized spacial score (nSPS) is 12.4. The second-order valence-corrected chi connectivity index (χ2v) is 5.13. The van der Waals surface area contributed by atoms with Crippen LogP contribution in [0, 0.1) is 0 Å². The van der Waals surface area contributed by atoms with Gasteiger partial charge in [-0.15, -0.1) is 0 Å². The first kappa shape index (κ1) is 13.7. The van der Waals surface area contributed by atoms with Crippen LogP contribution in [0.15, 0.2) is 18.2 Å². The van der Waals surface area contributed by atoms with Gasteiger partial charge in [0.15, 0.2) is 5.13 Å². The molecule has 2 rings (SSSR count). The van der Waals surface area contributed by atoms with Gasteiger partial charge in [-0.25, -0.2) is 4.98 Å². The Bertz CT molecular complexity index is 585. The van der Waals surface area contributed by atoms with Crippen LogP contribution >= 0.6 is 11.3 Å². The number of carbonyl (C=O) groups is 1. The van der Waals surface area contributed by atoms with Gasteiger partial charge in [0.2, 0.25) is 5.91 Å². The number of nitrogens with zero attached hydrogens (tertiary/aromatic N) is 1. The van der Waals surface area contributed by atoms with Gasteiger partial charge in [-0.2, -0.15) is 0 Å². The Balaban J connectivity index is 2.13. The van der Waals surface area contributed by atoms with E-state index in [1.807, 2.05) is 18.2 Å². The topological polar surface area (TPSA) is 94.5 Å². The zero-order chi connectivity index (χ0) is 13.8. The summed E-state index contributed by atoms with van der Waals surface area (Å²) in [7, 11) is 0. The summed E-state index contributed by atoms with van der Waals surface area (Å²) in [4.78, 5) is 15.2. The lowest BCUT2D eigenvalue weighted by atomic mass is 10.3. The van der Waals surface area contributed by atoms with E-state index >= 15 is 0 Å². The minimum Gasteiger partial charge on any atom is -0.394 e. The van der Waals surface area contributed by atoms with Gasteiger partial charge in [0.05, 0.1) is 22.9 Å². The van der Waals surface area contributed by atoms with Gasteiger partial charge >= 0.3 is 0 Å². The van der Waals surface area contributed by atoms with Gasteiger partial charge in [-0.3, -0.25) is 4.79 Å². The van der Waals surface area contributed by atoms with Crippen molar-refractivity contribution in [1.82, 2.24) is 4.98 Å². The van der Waals surface area contributed by atoms with Gasteiger partial charge in [0.25, 0.3) is 0 Å². The van der Waals surface area contributed by atoms with Crippen LogP contribution in [0.2, 0.25) is 0 Å². The molecule has 102 valence electrons. The average molecular weight is 281 g/mol.